The summed E-state index contributed by atoms with van der Waals surface area (Å²) >= 11 is 0. The van der Waals surface area contributed by atoms with E-state index in [0.717, 1.165) is 48.3 Å². The van der Waals surface area contributed by atoms with E-state index in [0.29, 0.717) is 6.54 Å². The average molecular weight is 274 g/mol. The number of nitrogens with two attached hydrogens (primary N) is 1. The predicted molar refractivity (Wildman–Crippen MR) is 82.8 cm³/mol. The largest absolute Gasteiger partial charge is 0.345 e. The monoisotopic (exact) mass is 274 g/mol. The standard InChI is InChI=1S/C17H26N2O/c1-12-6-8-17(11-18,9-7-12)19-16(20)15-10-13(2)4-5-14(15)3/h4-5,10,12H,6-9,11,18H2,1-3H3,(H,19,20). The lowest BCUT2D eigenvalue weighted by atomic mass is 9.77. The molecule has 0 heterocycles. The lowest BCUT2D eigenvalue weighted by molar-refractivity contribution is 0.0859. The zero-order valence-corrected chi connectivity index (χ0v) is 12.8. The van der Waals surface area contributed by atoms with Crippen LogP contribution in [0.1, 0.15) is 54.1 Å². The number of amides is 1. The van der Waals surface area contributed by atoms with Gasteiger partial charge in [-0.2, -0.15) is 0 Å². The summed E-state index contributed by atoms with van der Waals surface area (Å²) in [5, 5.41) is 3.22. The summed E-state index contributed by atoms with van der Waals surface area (Å²) in [6.07, 6.45) is 4.26. The van der Waals surface area contributed by atoms with E-state index in [9.17, 15) is 4.79 Å². The molecule has 1 fully saturated rings. The molecule has 1 aromatic rings. The summed E-state index contributed by atoms with van der Waals surface area (Å²) in [6.45, 7) is 6.78. The van der Waals surface area contributed by atoms with Gasteiger partial charge in [0, 0.05) is 12.1 Å². The SMILES string of the molecule is Cc1ccc(C)c(C(=O)NC2(CN)CCC(C)CC2)c1. The van der Waals surface area contributed by atoms with Crippen LogP contribution in [0.5, 0.6) is 0 Å². The van der Waals surface area contributed by atoms with Crippen LogP contribution in [0.15, 0.2) is 18.2 Å². The number of hydrogen-bond acceptors (Lipinski definition) is 2. The summed E-state index contributed by atoms with van der Waals surface area (Å²) < 4.78 is 0. The molecule has 0 spiro atoms. The number of nitrogens with one attached hydrogen (secondary N) is 1. The van der Waals surface area contributed by atoms with E-state index in [1.165, 1.54) is 0 Å². The molecule has 2 rings (SSSR count). The Kier molecular flexibility index (Phi) is 4.48. The third-order valence-corrected chi connectivity index (χ3v) is 4.64. The smallest absolute Gasteiger partial charge is 0.252 e. The lowest BCUT2D eigenvalue weighted by Gasteiger charge is -2.39. The van der Waals surface area contributed by atoms with Crippen molar-refractivity contribution in [3.8, 4) is 0 Å². The van der Waals surface area contributed by atoms with E-state index in [1.54, 1.807) is 0 Å². The van der Waals surface area contributed by atoms with E-state index < -0.39 is 0 Å². The van der Waals surface area contributed by atoms with Crippen LogP contribution in [0.3, 0.4) is 0 Å². The van der Waals surface area contributed by atoms with Crippen molar-refractivity contribution in [3.63, 3.8) is 0 Å². The quantitative estimate of drug-likeness (QED) is 0.890. The van der Waals surface area contributed by atoms with Crippen molar-refractivity contribution in [2.75, 3.05) is 6.54 Å². The Hall–Kier alpha value is -1.35. The number of carbonyl (C=O) groups excluding carboxylic acids is 1. The zero-order valence-electron chi connectivity index (χ0n) is 12.8. The van der Waals surface area contributed by atoms with E-state index in [4.69, 9.17) is 5.73 Å². The average Bonchev–Trinajstić information content (AvgIpc) is 2.44. The predicted octanol–water partition coefficient (Wildman–Crippen LogP) is 2.94. The van der Waals surface area contributed by atoms with Crippen molar-refractivity contribution in [1.82, 2.24) is 5.32 Å². The second kappa shape index (κ2) is 5.96. The highest BCUT2D eigenvalue weighted by molar-refractivity contribution is 5.96. The van der Waals surface area contributed by atoms with Crippen LogP contribution in [0.25, 0.3) is 0 Å². The van der Waals surface area contributed by atoms with Gasteiger partial charge in [-0.1, -0.05) is 24.6 Å². The van der Waals surface area contributed by atoms with E-state index in [-0.39, 0.29) is 11.4 Å². The van der Waals surface area contributed by atoms with Crippen molar-refractivity contribution in [2.24, 2.45) is 11.7 Å². The van der Waals surface area contributed by atoms with Crippen LogP contribution < -0.4 is 11.1 Å². The molecule has 0 aliphatic heterocycles. The van der Waals surface area contributed by atoms with E-state index >= 15 is 0 Å². The van der Waals surface area contributed by atoms with Gasteiger partial charge >= 0.3 is 0 Å². The fraction of sp³-hybridized carbons (Fsp3) is 0.588. The molecule has 0 unspecified atom stereocenters. The normalized spacial score (nSPS) is 26.3. The van der Waals surface area contributed by atoms with Gasteiger partial charge in [-0.25, -0.2) is 0 Å². The first-order valence-electron chi connectivity index (χ1n) is 7.55. The van der Waals surface area contributed by atoms with Crippen molar-refractivity contribution in [3.05, 3.63) is 34.9 Å². The van der Waals surface area contributed by atoms with Crippen LogP contribution in [0.2, 0.25) is 0 Å². The van der Waals surface area contributed by atoms with Crippen molar-refractivity contribution in [1.29, 1.82) is 0 Å². The molecule has 1 saturated carbocycles. The Bertz CT molecular complexity index is 488. The highest BCUT2D eigenvalue weighted by atomic mass is 16.1. The minimum atomic E-state index is -0.209. The van der Waals surface area contributed by atoms with Crippen LogP contribution in [-0.2, 0) is 0 Å². The fourth-order valence-corrected chi connectivity index (χ4v) is 2.98. The minimum absolute atomic E-state index is 0.0196. The first-order valence-corrected chi connectivity index (χ1v) is 7.55. The maximum atomic E-state index is 12.6. The Labute approximate surface area is 121 Å². The lowest BCUT2D eigenvalue weighted by Crippen LogP contribution is -2.55. The first-order chi connectivity index (χ1) is 9.46. The highest BCUT2D eigenvalue weighted by Crippen LogP contribution is 2.31. The van der Waals surface area contributed by atoms with Gasteiger partial charge in [-0.05, 0) is 57.1 Å². The third kappa shape index (κ3) is 3.21. The van der Waals surface area contributed by atoms with Gasteiger partial charge in [0.15, 0.2) is 0 Å². The van der Waals surface area contributed by atoms with Crippen molar-refractivity contribution < 1.29 is 4.79 Å². The number of aryl methyl sites for hydroxylation is 2. The Morgan fingerprint density at radius 2 is 2.00 bits per heavy atom. The second-order valence-electron chi connectivity index (χ2n) is 6.44. The summed E-state index contributed by atoms with van der Waals surface area (Å²) in [7, 11) is 0. The molecule has 1 aromatic carbocycles. The Morgan fingerprint density at radius 3 is 2.60 bits per heavy atom. The summed E-state index contributed by atoms with van der Waals surface area (Å²) in [4.78, 5) is 12.6. The van der Waals surface area contributed by atoms with Crippen LogP contribution >= 0.6 is 0 Å². The number of hydrogen-bond donors (Lipinski definition) is 2. The molecule has 0 saturated heterocycles. The van der Waals surface area contributed by atoms with Gasteiger partial charge < -0.3 is 11.1 Å². The number of carbonyl (C=O) groups is 1. The molecule has 0 radical (unpaired) electrons. The molecule has 1 aliphatic carbocycles. The maximum absolute atomic E-state index is 12.6. The van der Waals surface area contributed by atoms with Crippen molar-refractivity contribution in [2.45, 2.75) is 52.0 Å². The van der Waals surface area contributed by atoms with Gasteiger partial charge in [-0.3, -0.25) is 4.79 Å². The van der Waals surface area contributed by atoms with Gasteiger partial charge in [0.1, 0.15) is 0 Å². The van der Waals surface area contributed by atoms with Gasteiger partial charge in [0.25, 0.3) is 5.91 Å². The Morgan fingerprint density at radius 1 is 1.35 bits per heavy atom. The molecule has 1 aliphatic rings. The molecule has 20 heavy (non-hydrogen) atoms. The number of rotatable bonds is 3. The van der Waals surface area contributed by atoms with E-state index in [2.05, 4.69) is 12.2 Å². The van der Waals surface area contributed by atoms with Gasteiger partial charge in [-0.15, -0.1) is 0 Å². The topological polar surface area (TPSA) is 55.1 Å². The highest BCUT2D eigenvalue weighted by Gasteiger charge is 2.34. The summed E-state index contributed by atoms with van der Waals surface area (Å²) in [6, 6.07) is 6.00. The minimum Gasteiger partial charge on any atom is -0.345 e. The summed E-state index contributed by atoms with van der Waals surface area (Å²) in [5.74, 6) is 0.762. The molecule has 0 bridgehead atoms. The fourth-order valence-electron chi connectivity index (χ4n) is 2.98. The molecular formula is C17H26N2O. The third-order valence-electron chi connectivity index (χ3n) is 4.64. The first kappa shape index (κ1) is 15.0. The maximum Gasteiger partial charge on any atom is 0.252 e. The van der Waals surface area contributed by atoms with Crippen LogP contribution in [-0.4, -0.2) is 18.0 Å². The van der Waals surface area contributed by atoms with Crippen LogP contribution in [0, 0.1) is 19.8 Å². The Balaban J connectivity index is 2.15. The van der Waals surface area contributed by atoms with Crippen molar-refractivity contribution >= 4 is 5.91 Å². The zero-order chi connectivity index (χ0) is 14.8. The van der Waals surface area contributed by atoms with E-state index in [1.807, 2.05) is 32.0 Å². The summed E-state index contributed by atoms with van der Waals surface area (Å²) in [5.41, 5.74) is 8.66. The molecule has 3 nitrogen and oxygen atoms in total. The molecule has 1 amide bonds. The van der Waals surface area contributed by atoms with Gasteiger partial charge in [0.2, 0.25) is 0 Å². The molecular weight excluding hydrogens is 248 g/mol. The number of benzene rings is 1. The van der Waals surface area contributed by atoms with Crippen LogP contribution in [0.4, 0.5) is 0 Å². The molecule has 3 N–H and O–H groups in total. The molecule has 110 valence electrons. The molecule has 3 heteroatoms. The second-order valence-corrected chi connectivity index (χ2v) is 6.44. The molecule has 0 atom stereocenters. The van der Waals surface area contributed by atoms with Gasteiger partial charge in [0.05, 0.1) is 5.54 Å². The molecule has 0 aromatic heterocycles.